The molecule has 1 atom stereocenters. The number of carbonyl (C=O) groups is 1. The second kappa shape index (κ2) is 6.70. The van der Waals surface area contributed by atoms with Crippen LogP contribution in [0.15, 0.2) is 18.2 Å². The molecule has 2 fully saturated rings. The SMILES string of the molecule is Cc1cc(N2CCOCC2)ccc1N1CC(CS(N)(=O)=O)CC1=O. The molecular weight excluding hydrogens is 330 g/mol. The van der Waals surface area contributed by atoms with E-state index in [1.165, 1.54) is 0 Å². The Labute approximate surface area is 142 Å². The highest BCUT2D eigenvalue weighted by atomic mass is 32.2. The van der Waals surface area contributed by atoms with Crippen molar-refractivity contribution < 1.29 is 17.9 Å². The summed E-state index contributed by atoms with van der Waals surface area (Å²) in [7, 11) is -3.57. The van der Waals surface area contributed by atoms with Crippen LogP contribution < -0.4 is 14.9 Å². The number of amides is 1. The van der Waals surface area contributed by atoms with E-state index in [0.29, 0.717) is 6.54 Å². The lowest BCUT2D eigenvalue weighted by Crippen LogP contribution is -2.36. The predicted molar refractivity (Wildman–Crippen MR) is 92.6 cm³/mol. The standard InChI is InChI=1S/C16H23N3O4S/c1-12-8-14(18-4-6-23-7-5-18)2-3-15(12)19-10-13(9-16(19)20)11-24(17,21)22/h2-3,8,13H,4-7,9-11H2,1H3,(H2,17,21,22). The van der Waals surface area contributed by atoms with Crippen molar-refractivity contribution in [3.05, 3.63) is 23.8 Å². The molecule has 2 aliphatic rings. The third-order valence-electron chi connectivity index (χ3n) is 4.52. The number of aryl methyl sites for hydroxylation is 1. The van der Waals surface area contributed by atoms with Gasteiger partial charge in [-0.15, -0.1) is 0 Å². The van der Waals surface area contributed by atoms with Gasteiger partial charge in [0.2, 0.25) is 15.9 Å². The van der Waals surface area contributed by atoms with E-state index in [1.807, 2.05) is 19.1 Å². The van der Waals surface area contributed by atoms with Crippen LogP contribution in [0, 0.1) is 12.8 Å². The Morgan fingerprint density at radius 3 is 2.62 bits per heavy atom. The van der Waals surface area contributed by atoms with Crippen molar-refractivity contribution in [3.8, 4) is 0 Å². The molecule has 1 amide bonds. The van der Waals surface area contributed by atoms with Gasteiger partial charge in [0.15, 0.2) is 0 Å². The zero-order valence-corrected chi connectivity index (χ0v) is 14.6. The van der Waals surface area contributed by atoms with Gasteiger partial charge in [0.25, 0.3) is 0 Å². The molecule has 0 aromatic heterocycles. The largest absolute Gasteiger partial charge is 0.378 e. The van der Waals surface area contributed by atoms with Gasteiger partial charge < -0.3 is 14.5 Å². The molecule has 8 heteroatoms. The maximum Gasteiger partial charge on any atom is 0.227 e. The van der Waals surface area contributed by atoms with Gasteiger partial charge >= 0.3 is 0 Å². The fraction of sp³-hybridized carbons (Fsp3) is 0.562. The minimum Gasteiger partial charge on any atom is -0.378 e. The highest BCUT2D eigenvalue weighted by Gasteiger charge is 2.33. The maximum atomic E-state index is 12.3. The smallest absolute Gasteiger partial charge is 0.227 e. The third kappa shape index (κ3) is 3.88. The molecule has 132 valence electrons. The maximum absolute atomic E-state index is 12.3. The molecule has 3 rings (SSSR count). The minimum atomic E-state index is -3.57. The number of benzene rings is 1. The summed E-state index contributed by atoms with van der Waals surface area (Å²) in [5.41, 5.74) is 2.96. The van der Waals surface area contributed by atoms with Gasteiger partial charge in [0, 0.05) is 43.3 Å². The molecule has 0 aliphatic carbocycles. The lowest BCUT2D eigenvalue weighted by molar-refractivity contribution is -0.117. The Balaban J connectivity index is 1.76. The molecule has 2 aliphatic heterocycles. The second-order valence-electron chi connectivity index (χ2n) is 6.47. The van der Waals surface area contributed by atoms with E-state index in [1.54, 1.807) is 4.90 Å². The first-order chi connectivity index (χ1) is 11.3. The van der Waals surface area contributed by atoms with Gasteiger partial charge in [-0.1, -0.05) is 0 Å². The summed E-state index contributed by atoms with van der Waals surface area (Å²) >= 11 is 0. The van der Waals surface area contributed by atoms with Gasteiger partial charge in [0.05, 0.1) is 19.0 Å². The highest BCUT2D eigenvalue weighted by molar-refractivity contribution is 7.89. The summed E-state index contributed by atoms with van der Waals surface area (Å²) < 4.78 is 27.9. The average molecular weight is 353 g/mol. The van der Waals surface area contributed by atoms with Gasteiger partial charge in [-0.2, -0.15) is 0 Å². The topological polar surface area (TPSA) is 92.9 Å². The number of morpholine rings is 1. The zero-order valence-electron chi connectivity index (χ0n) is 13.8. The number of sulfonamides is 1. The quantitative estimate of drug-likeness (QED) is 0.849. The molecule has 0 spiro atoms. The lowest BCUT2D eigenvalue weighted by Gasteiger charge is -2.30. The number of hydrogen-bond acceptors (Lipinski definition) is 5. The van der Waals surface area contributed by atoms with Crippen LogP contribution in [0.1, 0.15) is 12.0 Å². The van der Waals surface area contributed by atoms with Crippen molar-refractivity contribution in [2.75, 3.05) is 48.4 Å². The third-order valence-corrected chi connectivity index (χ3v) is 5.46. The molecule has 0 radical (unpaired) electrons. The molecule has 1 aromatic rings. The summed E-state index contributed by atoms with van der Waals surface area (Å²) in [5.74, 6) is -0.447. The first kappa shape index (κ1) is 17.2. The van der Waals surface area contributed by atoms with Crippen LogP contribution in [0.3, 0.4) is 0 Å². The van der Waals surface area contributed by atoms with Gasteiger partial charge in [-0.05, 0) is 30.7 Å². The normalized spacial score (nSPS) is 22.2. The summed E-state index contributed by atoms with van der Waals surface area (Å²) in [4.78, 5) is 16.2. The summed E-state index contributed by atoms with van der Waals surface area (Å²) in [5, 5.41) is 5.10. The average Bonchev–Trinajstić information content (AvgIpc) is 2.86. The number of anilines is 2. The molecule has 1 aromatic carbocycles. The molecule has 2 heterocycles. The van der Waals surface area contributed by atoms with Crippen LogP contribution in [0.25, 0.3) is 0 Å². The number of rotatable bonds is 4. The molecule has 7 nitrogen and oxygen atoms in total. The van der Waals surface area contributed by atoms with E-state index < -0.39 is 10.0 Å². The van der Waals surface area contributed by atoms with E-state index in [2.05, 4.69) is 11.0 Å². The monoisotopic (exact) mass is 353 g/mol. The molecule has 24 heavy (non-hydrogen) atoms. The number of hydrogen-bond donors (Lipinski definition) is 1. The Morgan fingerprint density at radius 2 is 2.00 bits per heavy atom. The molecular formula is C16H23N3O4S. The fourth-order valence-corrected chi connectivity index (χ4v) is 4.30. The zero-order chi connectivity index (χ0) is 17.3. The van der Waals surface area contributed by atoms with Gasteiger partial charge in [-0.25, -0.2) is 13.6 Å². The van der Waals surface area contributed by atoms with Crippen molar-refractivity contribution in [2.45, 2.75) is 13.3 Å². The van der Waals surface area contributed by atoms with Crippen LogP contribution in [-0.4, -0.2) is 52.9 Å². The Hall–Kier alpha value is -1.64. The first-order valence-corrected chi connectivity index (χ1v) is 9.79. The molecule has 2 saturated heterocycles. The van der Waals surface area contributed by atoms with E-state index in [-0.39, 0.29) is 24.0 Å². The Kier molecular flexibility index (Phi) is 4.80. The van der Waals surface area contributed by atoms with Crippen molar-refractivity contribution in [1.29, 1.82) is 0 Å². The molecule has 0 saturated carbocycles. The van der Waals surface area contributed by atoms with Crippen molar-refractivity contribution in [3.63, 3.8) is 0 Å². The minimum absolute atomic E-state index is 0.0501. The van der Waals surface area contributed by atoms with Crippen LogP contribution in [0.2, 0.25) is 0 Å². The fourth-order valence-electron chi connectivity index (χ4n) is 3.42. The Bertz CT molecular complexity index is 729. The van der Waals surface area contributed by atoms with Crippen molar-refractivity contribution >= 4 is 27.3 Å². The number of carbonyl (C=O) groups excluding carboxylic acids is 1. The highest BCUT2D eigenvalue weighted by Crippen LogP contribution is 2.31. The van der Waals surface area contributed by atoms with Crippen molar-refractivity contribution in [1.82, 2.24) is 0 Å². The second-order valence-corrected chi connectivity index (χ2v) is 8.13. The number of nitrogens with zero attached hydrogens (tertiary/aromatic N) is 2. The molecule has 2 N–H and O–H groups in total. The van der Waals surface area contributed by atoms with E-state index in [0.717, 1.165) is 43.2 Å². The lowest BCUT2D eigenvalue weighted by atomic mass is 10.1. The molecule has 0 bridgehead atoms. The van der Waals surface area contributed by atoms with Crippen LogP contribution in [0.4, 0.5) is 11.4 Å². The summed E-state index contributed by atoms with van der Waals surface area (Å²) in [6, 6.07) is 6.02. The van der Waals surface area contributed by atoms with E-state index in [9.17, 15) is 13.2 Å². The van der Waals surface area contributed by atoms with E-state index in [4.69, 9.17) is 9.88 Å². The number of nitrogens with two attached hydrogens (primary N) is 1. The number of ether oxygens (including phenoxy) is 1. The van der Waals surface area contributed by atoms with Crippen LogP contribution in [0.5, 0.6) is 0 Å². The Morgan fingerprint density at radius 1 is 1.29 bits per heavy atom. The van der Waals surface area contributed by atoms with Crippen LogP contribution in [-0.2, 0) is 19.6 Å². The first-order valence-electron chi connectivity index (χ1n) is 8.08. The summed E-state index contributed by atoms with van der Waals surface area (Å²) in [6.07, 6.45) is 0.223. The van der Waals surface area contributed by atoms with E-state index >= 15 is 0 Å². The van der Waals surface area contributed by atoms with Crippen molar-refractivity contribution in [2.24, 2.45) is 11.1 Å². The predicted octanol–water partition coefficient (Wildman–Crippen LogP) is 0.473. The van der Waals surface area contributed by atoms with Gasteiger partial charge in [-0.3, -0.25) is 4.79 Å². The number of primary sulfonamides is 1. The molecule has 1 unspecified atom stereocenters. The summed E-state index contributed by atoms with van der Waals surface area (Å²) in [6.45, 7) is 5.53. The van der Waals surface area contributed by atoms with Crippen LogP contribution >= 0.6 is 0 Å². The van der Waals surface area contributed by atoms with Gasteiger partial charge in [0.1, 0.15) is 0 Å².